The minimum absolute atomic E-state index is 0.0519. The van der Waals surface area contributed by atoms with Crippen molar-refractivity contribution in [3.63, 3.8) is 0 Å². The van der Waals surface area contributed by atoms with Crippen LogP contribution >= 0.6 is 0 Å². The molecule has 0 spiro atoms. The number of ether oxygens (including phenoxy) is 1. The third kappa shape index (κ3) is 6.90. The molecule has 5 fully saturated rings. The molecule has 11 nitrogen and oxygen atoms in total. The second-order valence-corrected chi connectivity index (χ2v) is 20.0. The number of dihydropyridines is 1. The Bertz CT molecular complexity index is 1560. The normalized spacial score (nSPS) is 46.3. The highest BCUT2D eigenvalue weighted by Crippen LogP contribution is 2.71. The Labute approximate surface area is 333 Å². The van der Waals surface area contributed by atoms with Gasteiger partial charge in [0, 0.05) is 29.5 Å². The van der Waals surface area contributed by atoms with Crippen LogP contribution in [0.2, 0.25) is 0 Å². The highest BCUT2D eigenvalue weighted by molar-refractivity contribution is 6.00. The summed E-state index contributed by atoms with van der Waals surface area (Å²) in [6.45, 7) is 9.56. The molecule has 4 saturated carbocycles. The highest BCUT2D eigenvalue weighted by Gasteiger charge is 2.71. The number of ketones is 1. The van der Waals surface area contributed by atoms with Crippen LogP contribution in [0.4, 0.5) is 0 Å². The van der Waals surface area contributed by atoms with E-state index in [-0.39, 0.29) is 55.6 Å². The number of carbonyl (C=O) groups excluding carboxylic acids is 1. The predicted octanol–water partition coefficient (Wildman–Crippen LogP) is 3.90. The summed E-state index contributed by atoms with van der Waals surface area (Å²) in [5.74, 6) is -0.729. The zero-order chi connectivity index (χ0) is 40.5. The number of allylic oxidation sites excluding steroid dienone is 2. The summed E-state index contributed by atoms with van der Waals surface area (Å²) in [4.78, 5) is 15.0. The van der Waals surface area contributed by atoms with Crippen molar-refractivity contribution in [1.82, 2.24) is 5.32 Å². The molecule has 1 saturated heterocycles. The van der Waals surface area contributed by atoms with Gasteiger partial charge in [0.25, 0.3) is 0 Å². The van der Waals surface area contributed by atoms with Crippen molar-refractivity contribution in [2.75, 3.05) is 0 Å². The molecule has 0 amide bonds. The minimum atomic E-state index is -1.63. The van der Waals surface area contributed by atoms with Crippen molar-refractivity contribution < 1.29 is 45.3 Å². The average molecular weight is 785 g/mol. The third-order valence-electron chi connectivity index (χ3n) is 17.0. The molecule has 7 rings (SSSR count). The van der Waals surface area contributed by atoms with Gasteiger partial charge in [-0.05, 0) is 137 Å². The van der Waals surface area contributed by atoms with Gasteiger partial charge in [0.1, 0.15) is 6.10 Å². The molecule has 2 heterocycles. The monoisotopic (exact) mass is 785 g/mol. The van der Waals surface area contributed by atoms with E-state index >= 15 is 4.79 Å². The molecule has 7 aliphatic rings. The smallest absolute Gasteiger partial charge is 0.162 e. The Kier molecular flexibility index (Phi) is 11.9. The first-order valence-corrected chi connectivity index (χ1v) is 22.1. The number of aliphatic hydroxyl groups excluding tert-OH is 5. The van der Waals surface area contributed by atoms with Gasteiger partial charge in [-0.2, -0.15) is 0 Å². The van der Waals surface area contributed by atoms with Crippen molar-refractivity contribution in [1.29, 1.82) is 0 Å². The van der Waals surface area contributed by atoms with E-state index in [0.717, 1.165) is 31.3 Å². The first kappa shape index (κ1) is 42.5. The van der Waals surface area contributed by atoms with Crippen molar-refractivity contribution in [3.05, 3.63) is 35.1 Å². The average Bonchev–Trinajstić information content (AvgIpc) is 3.53. The lowest BCUT2D eigenvalue weighted by atomic mass is 9.42. The van der Waals surface area contributed by atoms with Crippen LogP contribution in [-0.4, -0.2) is 102 Å². The van der Waals surface area contributed by atoms with Gasteiger partial charge in [0.15, 0.2) is 5.78 Å². The predicted molar refractivity (Wildman–Crippen MR) is 212 cm³/mol. The van der Waals surface area contributed by atoms with Crippen molar-refractivity contribution >= 4 is 5.78 Å². The molecule has 10 N–H and O–H groups in total. The van der Waals surface area contributed by atoms with E-state index in [1.807, 2.05) is 25.3 Å². The summed E-state index contributed by atoms with van der Waals surface area (Å²) in [5, 5.41) is 85.5. The van der Waals surface area contributed by atoms with Gasteiger partial charge in [0.2, 0.25) is 0 Å². The van der Waals surface area contributed by atoms with Crippen LogP contribution in [0.3, 0.4) is 0 Å². The number of hydrogen-bond donors (Lipinski definition) is 9. The standard InChI is InChI=1S/C45H72N2O9/c1-6-7-26-8-11-28-24(2)40(56-35(28)12-9-26)41(53)43(5,54)36-16-19-45(55)38-29(20-32(49)25(3)48)39(52)31-21-33(50)34(51)22-44(31,30(38)15-17-42(36,45)4)18-14-27-10-13-37(46)47-23-27/h10,13,23-26,28,30-37,40-41,47-51,53-55H,6-9,11-12,14-22,46H2,1-5H3. The molecule has 18 unspecified atom stereocenters. The molecule has 0 radical (unpaired) electrons. The Morgan fingerprint density at radius 2 is 1.79 bits per heavy atom. The Hall–Kier alpha value is -1.67. The second kappa shape index (κ2) is 15.7. The molecule has 0 aromatic carbocycles. The van der Waals surface area contributed by atoms with Gasteiger partial charge in [-0.15, -0.1) is 0 Å². The van der Waals surface area contributed by atoms with Gasteiger partial charge in [0.05, 0.1) is 54.0 Å². The van der Waals surface area contributed by atoms with Crippen molar-refractivity contribution in [2.24, 2.45) is 52.1 Å². The fourth-order valence-corrected chi connectivity index (χ4v) is 13.7. The van der Waals surface area contributed by atoms with E-state index in [9.17, 15) is 35.7 Å². The number of rotatable bonds is 11. The van der Waals surface area contributed by atoms with E-state index in [0.29, 0.717) is 55.1 Å². The molecule has 0 aromatic heterocycles. The van der Waals surface area contributed by atoms with E-state index < -0.39 is 70.5 Å². The summed E-state index contributed by atoms with van der Waals surface area (Å²) in [6, 6.07) is 0. The second-order valence-electron chi connectivity index (χ2n) is 20.0. The maximum absolute atomic E-state index is 15.0. The summed E-state index contributed by atoms with van der Waals surface area (Å²) in [5.41, 5.74) is 2.93. The zero-order valence-corrected chi connectivity index (χ0v) is 34.4. The van der Waals surface area contributed by atoms with Gasteiger partial charge >= 0.3 is 0 Å². The molecule has 0 aromatic rings. The minimum Gasteiger partial charge on any atom is -0.391 e. The Balaban J connectivity index is 1.24. The number of aliphatic hydroxyl groups is 7. The van der Waals surface area contributed by atoms with E-state index in [4.69, 9.17) is 10.5 Å². The fraction of sp³-hybridized carbons (Fsp3) is 0.844. The lowest BCUT2D eigenvalue weighted by Gasteiger charge is -2.63. The Morgan fingerprint density at radius 3 is 2.46 bits per heavy atom. The van der Waals surface area contributed by atoms with Crippen LogP contribution < -0.4 is 11.1 Å². The molecule has 18 atom stereocenters. The number of nitrogens with two attached hydrogens (primary N) is 1. The summed E-state index contributed by atoms with van der Waals surface area (Å²) < 4.78 is 6.70. The molecular formula is C45H72N2O9. The van der Waals surface area contributed by atoms with Gasteiger partial charge in [-0.3, -0.25) is 4.79 Å². The van der Waals surface area contributed by atoms with Gasteiger partial charge < -0.3 is 51.5 Å². The number of nitrogens with one attached hydrogen (secondary N) is 1. The van der Waals surface area contributed by atoms with Gasteiger partial charge in [-0.1, -0.05) is 46.1 Å². The lowest BCUT2D eigenvalue weighted by Crippen LogP contribution is -2.65. The third-order valence-corrected chi connectivity index (χ3v) is 17.0. The lowest BCUT2D eigenvalue weighted by molar-refractivity contribution is -0.199. The summed E-state index contributed by atoms with van der Waals surface area (Å²) in [7, 11) is 0. The van der Waals surface area contributed by atoms with E-state index in [1.165, 1.54) is 19.8 Å². The number of carbonyl (C=O) groups is 1. The molecule has 2 aliphatic heterocycles. The number of Topliss-reactive ketones (excluding diaryl/α,β-unsaturated/α-hetero) is 1. The van der Waals surface area contributed by atoms with E-state index in [2.05, 4.69) is 19.2 Å². The summed E-state index contributed by atoms with van der Waals surface area (Å²) >= 11 is 0. The quantitative estimate of drug-likeness (QED) is 0.147. The number of fused-ring (bicyclic) bond motifs is 6. The number of hydrogen-bond acceptors (Lipinski definition) is 11. The molecule has 56 heavy (non-hydrogen) atoms. The van der Waals surface area contributed by atoms with E-state index in [1.54, 1.807) is 6.92 Å². The van der Waals surface area contributed by atoms with Crippen LogP contribution in [0.5, 0.6) is 0 Å². The molecule has 316 valence electrons. The molecule has 11 heteroatoms. The van der Waals surface area contributed by atoms with Crippen LogP contribution in [0.15, 0.2) is 35.1 Å². The highest BCUT2D eigenvalue weighted by atomic mass is 16.5. The van der Waals surface area contributed by atoms with Crippen molar-refractivity contribution in [2.45, 2.75) is 191 Å². The molecule has 0 bridgehead atoms. The SMILES string of the molecule is CCCC1CCC2OC(C(O)C(C)(O)C3CCC4(O)C5=C(CC(O)C(C)O)C(=O)C6CC(O)C(O)CC6(CCC6=CNC(N)C=C6)C5CCC34C)C(C)C2CC1. The zero-order valence-electron chi connectivity index (χ0n) is 34.4. The maximum atomic E-state index is 15.0. The summed E-state index contributed by atoms with van der Waals surface area (Å²) in [6.07, 6.45) is 8.82. The van der Waals surface area contributed by atoms with Crippen LogP contribution in [-0.2, 0) is 9.53 Å². The Morgan fingerprint density at radius 1 is 1.05 bits per heavy atom. The fourth-order valence-electron chi connectivity index (χ4n) is 13.7. The molecular weight excluding hydrogens is 712 g/mol. The molecule has 5 aliphatic carbocycles. The largest absolute Gasteiger partial charge is 0.391 e. The topological polar surface area (TPSA) is 206 Å². The van der Waals surface area contributed by atoms with Crippen molar-refractivity contribution in [3.8, 4) is 0 Å². The first-order chi connectivity index (χ1) is 26.4. The maximum Gasteiger partial charge on any atom is 0.162 e. The van der Waals surface area contributed by atoms with Gasteiger partial charge in [-0.25, -0.2) is 0 Å². The van der Waals surface area contributed by atoms with Crippen LogP contribution in [0, 0.1) is 46.3 Å². The van der Waals surface area contributed by atoms with Crippen LogP contribution in [0.25, 0.3) is 0 Å². The van der Waals surface area contributed by atoms with Crippen LogP contribution in [0.1, 0.15) is 131 Å². The first-order valence-electron chi connectivity index (χ1n) is 22.1.